The number of carbonyl (C=O) groups is 1. The molecule has 2 N–H and O–H groups in total. The van der Waals surface area contributed by atoms with Gasteiger partial charge < -0.3 is 10.4 Å². The number of terminal acetylenes is 1. The van der Waals surface area contributed by atoms with Crippen LogP contribution in [0.3, 0.4) is 0 Å². The lowest BCUT2D eigenvalue weighted by atomic mass is 10.2. The van der Waals surface area contributed by atoms with Crippen LogP contribution in [0, 0.1) is 12.3 Å². The highest BCUT2D eigenvalue weighted by atomic mass is 16.4. The van der Waals surface area contributed by atoms with Crippen molar-refractivity contribution in [2.75, 3.05) is 0 Å². The molecule has 0 aliphatic carbocycles. The maximum absolute atomic E-state index is 10.2. The third-order valence-electron chi connectivity index (χ3n) is 1.27. The summed E-state index contributed by atoms with van der Waals surface area (Å²) < 4.78 is 0. The molecule has 2 unspecified atom stereocenters. The molecule has 0 saturated heterocycles. The molecule has 0 bridgehead atoms. The zero-order chi connectivity index (χ0) is 8.85. The van der Waals surface area contributed by atoms with E-state index in [4.69, 9.17) is 11.5 Å². The van der Waals surface area contributed by atoms with Crippen molar-refractivity contribution in [3.8, 4) is 12.3 Å². The van der Waals surface area contributed by atoms with Gasteiger partial charge in [0.05, 0.1) is 12.5 Å². The maximum Gasteiger partial charge on any atom is 0.304 e. The number of carboxylic acid groups (broad SMARTS) is 1. The molecule has 0 aliphatic heterocycles. The number of nitrogens with one attached hydrogen (secondary N) is 1. The van der Waals surface area contributed by atoms with Crippen molar-refractivity contribution < 1.29 is 9.90 Å². The van der Waals surface area contributed by atoms with Gasteiger partial charge in [-0.3, -0.25) is 4.79 Å². The highest BCUT2D eigenvalue weighted by Gasteiger charge is 2.08. The number of carboxylic acids is 1. The van der Waals surface area contributed by atoms with E-state index in [1.807, 2.05) is 6.92 Å². The van der Waals surface area contributed by atoms with E-state index >= 15 is 0 Å². The first-order valence-electron chi connectivity index (χ1n) is 3.50. The van der Waals surface area contributed by atoms with E-state index in [0.717, 1.165) is 0 Å². The van der Waals surface area contributed by atoms with Crippen molar-refractivity contribution in [1.82, 2.24) is 5.32 Å². The van der Waals surface area contributed by atoms with E-state index < -0.39 is 5.97 Å². The van der Waals surface area contributed by atoms with Crippen LogP contribution in [0.15, 0.2) is 0 Å². The van der Waals surface area contributed by atoms with Crippen LogP contribution in [0.25, 0.3) is 0 Å². The first-order chi connectivity index (χ1) is 5.06. The molecule has 62 valence electrons. The molecule has 0 spiro atoms. The van der Waals surface area contributed by atoms with E-state index in [1.54, 1.807) is 6.92 Å². The third-order valence-corrected chi connectivity index (χ3v) is 1.27. The average Bonchev–Trinajstić information content (AvgIpc) is 1.85. The fourth-order valence-electron chi connectivity index (χ4n) is 0.796. The topological polar surface area (TPSA) is 49.3 Å². The average molecular weight is 155 g/mol. The minimum atomic E-state index is -0.811. The zero-order valence-corrected chi connectivity index (χ0v) is 6.79. The SMILES string of the molecule is C#CC(C)NC(C)CC(=O)O. The van der Waals surface area contributed by atoms with Gasteiger partial charge in [0.2, 0.25) is 0 Å². The molecule has 0 fully saturated rings. The molecule has 0 aromatic rings. The molecule has 0 aliphatic rings. The molecule has 0 heterocycles. The van der Waals surface area contributed by atoms with Gasteiger partial charge in [0.1, 0.15) is 0 Å². The quantitative estimate of drug-likeness (QED) is 0.580. The molecular formula is C8H13NO2. The van der Waals surface area contributed by atoms with Crippen LogP contribution in [-0.4, -0.2) is 23.2 Å². The molecule has 0 aromatic carbocycles. The molecule has 0 aromatic heterocycles. The van der Waals surface area contributed by atoms with Crippen LogP contribution in [0.2, 0.25) is 0 Å². The highest BCUT2D eigenvalue weighted by Crippen LogP contribution is 1.91. The monoisotopic (exact) mass is 155 g/mol. The van der Waals surface area contributed by atoms with Crippen molar-refractivity contribution in [2.45, 2.75) is 32.4 Å². The van der Waals surface area contributed by atoms with Crippen LogP contribution in [0.5, 0.6) is 0 Å². The molecular weight excluding hydrogens is 142 g/mol. The number of hydrogen-bond acceptors (Lipinski definition) is 2. The summed E-state index contributed by atoms with van der Waals surface area (Å²) >= 11 is 0. The Balaban J connectivity index is 3.62. The largest absolute Gasteiger partial charge is 0.481 e. The predicted octanol–water partition coefficient (Wildman–Crippen LogP) is 0.461. The Labute approximate surface area is 66.8 Å². The van der Waals surface area contributed by atoms with E-state index in [2.05, 4.69) is 11.2 Å². The van der Waals surface area contributed by atoms with Crippen molar-refractivity contribution >= 4 is 5.97 Å². The summed E-state index contributed by atoms with van der Waals surface area (Å²) in [4.78, 5) is 10.2. The van der Waals surface area contributed by atoms with Gasteiger partial charge in [0.25, 0.3) is 0 Å². The Morgan fingerprint density at radius 3 is 2.64 bits per heavy atom. The number of rotatable bonds is 4. The van der Waals surface area contributed by atoms with Crippen molar-refractivity contribution in [3.63, 3.8) is 0 Å². The van der Waals surface area contributed by atoms with Crippen molar-refractivity contribution in [1.29, 1.82) is 0 Å². The number of hydrogen-bond donors (Lipinski definition) is 2. The minimum absolute atomic E-state index is 0.0654. The first-order valence-corrected chi connectivity index (χ1v) is 3.50. The van der Waals surface area contributed by atoms with Gasteiger partial charge >= 0.3 is 5.97 Å². The standard InChI is InChI=1S/C8H13NO2/c1-4-6(2)9-7(3)5-8(10)11/h1,6-7,9H,5H2,2-3H3,(H,10,11). The van der Waals surface area contributed by atoms with Crippen LogP contribution in [0.1, 0.15) is 20.3 Å². The van der Waals surface area contributed by atoms with Gasteiger partial charge in [0.15, 0.2) is 0 Å². The Bertz CT molecular complexity index is 171. The molecule has 2 atom stereocenters. The predicted molar refractivity (Wildman–Crippen MR) is 43.1 cm³/mol. The van der Waals surface area contributed by atoms with Crippen molar-refractivity contribution in [3.05, 3.63) is 0 Å². The lowest BCUT2D eigenvalue weighted by Crippen LogP contribution is -2.34. The van der Waals surface area contributed by atoms with Crippen LogP contribution < -0.4 is 5.32 Å². The first kappa shape index (κ1) is 9.99. The fourth-order valence-corrected chi connectivity index (χ4v) is 0.796. The van der Waals surface area contributed by atoms with Gasteiger partial charge in [-0.1, -0.05) is 5.92 Å². The van der Waals surface area contributed by atoms with E-state index in [9.17, 15) is 4.79 Å². The summed E-state index contributed by atoms with van der Waals surface area (Å²) in [5.74, 6) is 1.65. The Hall–Kier alpha value is -1.01. The second-order valence-electron chi connectivity index (χ2n) is 2.55. The van der Waals surface area contributed by atoms with Gasteiger partial charge in [-0.25, -0.2) is 0 Å². The minimum Gasteiger partial charge on any atom is -0.481 e. The molecule has 3 nitrogen and oxygen atoms in total. The van der Waals surface area contributed by atoms with Gasteiger partial charge in [-0.05, 0) is 13.8 Å². The summed E-state index contributed by atoms with van der Waals surface area (Å²) in [7, 11) is 0. The highest BCUT2D eigenvalue weighted by molar-refractivity contribution is 5.67. The lowest BCUT2D eigenvalue weighted by molar-refractivity contribution is -0.137. The zero-order valence-electron chi connectivity index (χ0n) is 6.79. The van der Waals surface area contributed by atoms with E-state index in [0.29, 0.717) is 0 Å². The normalized spacial score (nSPS) is 15.0. The van der Waals surface area contributed by atoms with E-state index in [-0.39, 0.29) is 18.5 Å². The smallest absolute Gasteiger partial charge is 0.304 e. The summed E-state index contributed by atoms with van der Waals surface area (Å²) in [5, 5.41) is 11.3. The molecule has 0 amide bonds. The van der Waals surface area contributed by atoms with E-state index in [1.165, 1.54) is 0 Å². The molecule has 0 rings (SSSR count). The van der Waals surface area contributed by atoms with Gasteiger partial charge in [-0.2, -0.15) is 0 Å². The summed E-state index contributed by atoms with van der Waals surface area (Å²) in [6.45, 7) is 3.61. The second-order valence-corrected chi connectivity index (χ2v) is 2.55. The lowest BCUT2D eigenvalue weighted by Gasteiger charge is -2.13. The molecule has 11 heavy (non-hydrogen) atoms. The fraction of sp³-hybridized carbons (Fsp3) is 0.625. The van der Waals surface area contributed by atoms with Crippen LogP contribution in [-0.2, 0) is 4.79 Å². The maximum atomic E-state index is 10.2. The molecule has 3 heteroatoms. The Morgan fingerprint density at radius 1 is 1.73 bits per heavy atom. The van der Waals surface area contributed by atoms with Gasteiger partial charge in [-0.15, -0.1) is 6.42 Å². The summed E-state index contributed by atoms with van der Waals surface area (Å²) in [5.41, 5.74) is 0. The van der Waals surface area contributed by atoms with Crippen LogP contribution >= 0.6 is 0 Å². The Kier molecular flexibility index (Phi) is 4.32. The molecule has 0 radical (unpaired) electrons. The molecule has 0 saturated carbocycles. The van der Waals surface area contributed by atoms with Crippen molar-refractivity contribution in [2.24, 2.45) is 0 Å². The van der Waals surface area contributed by atoms with Crippen LogP contribution in [0.4, 0.5) is 0 Å². The Morgan fingerprint density at radius 2 is 2.27 bits per heavy atom. The van der Waals surface area contributed by atoms with Gasteiger partial charge in [0, 0.05) is 6.04 Å². The number of aliphatic carboxylic acids is 1. The third kappa shape index (κ3) is 5.43. The summed E-state index contributed by atoms with van der Waals surface area (Å²) in [6, 6.07) is -0.136. The summed E-state index contributed by atoms with van der Waals surface area (Å²) in [6.07, 6.45) is 5.19. The second kappa shape index (κ2) is 4.75.